The van der Waals surface area contributed by atoms with Crippen molar-refractivity contribution in [1.29, 1.82) is 5.26 Å². The van der Waals surface area contributed by atoms with E-state index in [9.17, 15) is 9.18 Å². The molecule has 72 valence electrons. The maximum Gasteiger partial charge on any atom is 0.307 e. The smallest absolute Gasteiger partial charge is 0.307 e. The van der Waals surface area contributed by atoms with Gasteiger partial charge in [0.05, 0.1) is 12.0 Å². The summed E-state index contributed by atoms with van der Waals surface area (Å²) in [5, 5.41) is 17.1. The number of aryl methyl sites for hydroxylation is 1. The molecule has 0 radical (unpaired) electrons. The highest BCUT2D eigenvalue weighted by atomic mass is 19.1. The van der Waals surface area contributed by atoms with Gasteiger partial charge in [-0.15, -0.1) is 0 Å². The molecule has 0 spiro atoms. The van der Waals surface area contributed by atoms with E-state index in [2.05, 4.69) is 0 Å². The minimum absolute atomic E-state index is 0.110. The third-order valence-electron chi connectivity index (χ3n) is 1.79. The van der Waals surface area contributed by atoms with Crippen molar-refractivity contribution in [3.8, 4) is 6.07 Å². The van der Waals surface area contributed by atoms with E-state index in [0.717, 1.165) is 0 Å². The molecule has 0 amide bonds. The molecular weight excluding hydrogens is 185 g/mol. The minimum Gasteiger partial charge on any atom is -0.481 e. The number of hydrogen-bond acceptors (Lipinski definition) is 2. The highest BCUT2D eigenvalue weighted by molar-refractivity contribution is 5.70. The summed E-state index contributed by atoms with van der Waals surface area (Å²) in [6.45, 7) is 1.50. The Morgan fingerprint density at radius 2 is 2.29 bits per heavy atom. The fourth-order valence-corrected chi connectivity index (χ4v) is 1.20. The Labute approximate surface area is 80.4 Å². The number of nitriles is 1. The van der Waals surface area contributed by atoms with Gasteiger partial charge in [0.2, 0.25) is 0 Å². The van der Waals surface area contributed by atoms with Crippen LogP contribution in [0.15, 0.2) is 12.1 Å². The molecule has 0 fully saturated rings. The maximum absolute atomic E-state index is 13.1. The maximum atomic E-state index is 13.1. The first-order valence-electron chi connectivity index (χ1n) is 3.95. The molecule has 0 heterocycles. The first-order chi connectivity index (χ1) is 6.54. The summed E-state index contributed by atoms with van der Waals surface area (Å²) < 4.78 is 13.1. The molecule has 1 aromatic carbocycles. The van der Waals surface area contributed by atoms with E-state index in [-0.39, 0.29) is 12.0 Å². The lowest BCUT2D eigenvalue weighted by Crippen LogP contribution is -2.02. The van der Waals surface area contributed by atoms with Gasteiger partial charge in [-0.2, -0.15) is 5.26 Å². The third-order valence-corrected chi connectivity index (χ3v) is 1.79. The summed E-state index contributed by atoms with van der Waals surface area (Å²) in [5.74, 6) is -1.58. The van der Waals surface area contributed by atoms with Crippen LogP contribution in [-0.2, 0) is 11.2 Å². The molecule has 0 unspecified atom stereocenters. The molecule has 1 N–H and O–H groups in total. The van der Waals surface area contributed by atoms with Crippen molar-refractivity contribution in [3.63, 3.8) is 0 Å². The van der Waals surface area contributed by atoms with Crippen molar-refractivity contribution >= 4 is 5.97 Å². The Balaban J connectivity index is 3.18. The van der Waals surface area contributed by atoms with Crippen molar-refractivity contribution in [2.24, 2.45) is 0 Å². The highest BCUT2D eigenvalue weighted by Gasteiger charge is 2.09. The quantitative estimate of drug-likeness (QED) is 0.776. The van der Waals surface area contributed by atoms with Crippen LogP contribution in [0.3, 0.4) is 0 Å². The van der Waals surface area contributed by atoms with Gasteiger partial charge in [-0.25, -0.2) is 4.39 Å². The van der Waals surface area contributed by atoms with Crippen LogP contribution in [0.1, 0.15) is 16.7 Å². The molecule has 0 bridgehead atoms. The third kappa shape index (κ3) is 2.07. The van der Waals surface area contributed by atoms with Gasteiger partial charge >= 0.3 is 5.97 Å². The van der Waals surface area contributed by atoms with E-state index in [1.165, 1.54) is 19.1 Å². The van der Waals surface area contributed by atoms with Gasteiger partial charge in [0.15, 0.2) is 0 Å². The summed E-state index contributed by atoms with van der Waals surface area (Å²) in [6.07, 6.45) is -0.199. The van der Waals surface area contributed by atoms with Crippen LogP contribution < -0.4 is 0 Å². The fourth-order valence-electron chi connectivity index (χ4n) is 1.20. The van der Waals surface area contributed by atoms with Crippen LogP contribution >= 0.6 is 0 Å². The van der Waals surface area contributed by atoms with Crippen molar-refractivity contribution in [1.82, 2.24) is 0 Å². The van der Waals surface area contributed by atoms with Gasteiger partial charge in [-0.05, 0) is 24.1 Å². The second kappa shape index (κ2) is 3.88. The van der Waals surface area contributed by atoms with Crippen LogP contribution in [0.4, 0.5) is 4.39 Å². The zero-order valence-electron chi connectivity index (χ0n) is 7.54. The molecule has 3 nitrogen and oxygen atoms in total. The summed E-state index contributed by atoms with van der Waals surface area (Å²) >= 11 is 0. The average molecular weight is 193 g/mol. The SMILES string of the molecule is Cc1cc(CC(=O)O)cc(C#N)c1F. The largest absolute Gasteiger partial charge is 0.481 e. The summed E-state index contributed by atoms with van der Waals surface area (Å²) in [6, 6.07) is 4.38. The van der Waals surface area contributed by atoms with Crippen LogP contribution in [0.25, 0.3) is 0 Å². The van der Waals surface area contributed by atoms with Gasteiger partial charge < -0.3 is 5.11 Å². The molecule has 0 aromatic heterocycles. The molecule has 1 rings (SSSR count). The van der Waals surface area contributed by atoms with E-state index in [1.807, 2.05) is 0 Å². The lowest BCUT2D eigenvalue weighted by molar-refractivity contribution is -0.136. The van der Waals surface area contributed by atoms with E-state index >= 15 is 0 Å². The van der Waals surface area contributed by atoms with E-state index in [1.54, 1.807) is 6.07 Å². The molecule has 0 atom stereocenters. The first kappa shape index (κ1) is 10.2. The van der Waals surface area contributed by atoms with E-state index < -0.39 is 11.8 Å². The summed E-state index contributed by atoms with van der Waals surface area (Å²) in [5.41, 5.74) is 0.620. The highest BCUT2D eigenvalue weighted by Crippen LogP contribution is 2.15. The molecule has 0 aliphatic rings. The molecule has 1 aromatic rings. The number of carboxylic acids is 1. The lowest BCUT2D eigenvalue weighted by Gasteiger charge is -2.02. The number of halogens is 1. The van der Waals surface area contributed by atoms with Gasteiger partial charge in [0, 0.05) is 0 Å². The second-order valence-electron chi connectivity index (χ2n) is 2.96. The summed E-state index contributed by atoms with van der Waals surface area (Å²) in [7, 11) is 0. The molecule has 0 aliphatic carbocycles. The van der Waals surface area contributed by atoms with Gasteiger partial charge in [-0.3, -0.25) is 4.79 Å². The normalized spacial score (nSPS) is 9.50. The van der Waals surface area contributed by atoms with Gasteiger partial charge in [-0.1, -0.05) is 6.07 Å². The molecular formula is C10H8FNO2. The van der Waals surface area contributed by atoms with Gasteiger partial charge in [0.25, 0.3) is 0 Å². The Morgan fingerprint density at radius 3 is 2.79 bits per heavy atom. The second-order valence-corrected chi connectivity index (χ2v) is 2.96. The van der Waals surface area contributed by atoms with Gasteiger partial charge in [0.1, 0.15) is 11.9 Å². The zero-order valence-corrected chi connectivity index (χ0v) is 7.54. The topological polar surface area (TPSA) is 61.1 Å². The van der Waals surface area contributed by atoms with Crippen molar-refractivity contribution < 1.29 is 14.3 Å². The van der Waals surface area contributed by atoms with Crippen LogP contribution in [0, 0.1) is 24.1 Å². The number of nitrogens with zero attached hydrogens (tertiary/aromatic N) is 1. The molecule has 0 saturated heterocycles. The van der Waals surface area contributed by atoms with E-state index in [0.29, 0.717) is 11.1 Å². The number of hydrogen-bond donors (Lipinski definition) is 1. The number of aliphatic carboxylic acids is 1. The van der Waals surface area contributed by atoms with Crippen molar-refractivity contribution in [2.75, 3.05) is 0 Å². The van der Waals surface area contributed by atoms with Crippen LogP contribution in [0.2, 0.25) is 0 Å². The average Bonchev–Trinajstić information content (AvgIpc) is 2.10. The lowest BCUT2D eigenvalue weighted by atomic mass is 10.0. The van der Waals surface area contributed by atoms with Crippen molar-refractivity contribution in [2.45, 2.75) is 13.3 Å². The predicted molar refractivity (Wildman–Crippen MR) is 47.2 cm³/mol. The fraction of sp³-hybridized carbons (Fsp3) is 0.200. The van der Waals surface area contributed by atoms with Crippen molar-refractivity contribution in [3.05, 3.63) is 34.6 Å². The first-order valence-corrected chi connectivity index (χ1v) is 3.95. The number of benzene rings is 1. The Bertz CT molecular complexity index is 421. The van der Waals surface area contributed by atoms with Crippen LogP contribution in [-0.4, -0.2) is 11.1 Å². The predicted octanol–water partition coefficient (Wildman–Crippen LogP) is 1.63. The van der Waals surface area contributed by atoms with E-state index in [4.69, 9.17) is 10.4 Å². The molecule has 0 aliphatic heterocycles. The zero-order chi connectivity index (χ0) is 10.7. The van der Waals surface area contributed by atoms with Crippen LogP contribution in [0.5, 0.6) is 0 Å². The molecule has 14 heavy (non-hydrogen) atoms. The number of rotatable bonds is 2. The standard InChI is InChI=1S/C10H8FNO2/c1-6-2-7(4-9(13)14)3-8(5-12)10(6)11/h2-3H,4H2,1H3,(H,13,14). The minimum atomic E-state index is -1.00. The molecule has 0 saturated carbocycles. The number of carbonyl (C=O) groups is 1. The monoisotopic (exact) mass is 193 g/mol. The Hall–Kier alpha value is -1.89. The number of carboxylic acid groups (broad SMARTS) is 1. The molecule has 4 heteroatoms. The Morgan fingerprint density at radius 1 is 1.64 bits per heavy atom. The summed E-state index contributed by atoms with van der Waals surface area (Å²) in [4.78, 5) is 10.4. The Kier molecular flexibility index (Phi) is 2.82.